The van der Waals surface area contributed by atoms with E-state index in [0.717, 1.165) is 26.1 Å². The number of halogens is 1. The third kappa shape index (κ3) is 5.18. The number of hydrogen-bond acceptors (Lipinski definition) is 3. The molecule has 1 heterocycles. The van der Waals surface area contributed by atoms with E-state index in [9.17, 15) is 9.18 Å². The van der Waals surface area contributed by atoms with Gasteiger partial charge in [-0.15, -0.1) is 0 Å². The molecule has 25 heavy (non-hydrogen) atoms. The smallest absolute Gasteiger partial charge is 0.223 e. The van der Waals surface area contributed by atoms with Crippen molar-refractivity contribution < 1.29 is 13.9 Å². The summed E-state index contributed by atoms with van der Waals surface area (Å²) in [7, 11) is 2.11. The summed E-state index contributed by atoms with van der Waals surface area (Å²) < 4.78 is 18.5. The van der Waals surface area contributed by atoms with E-state index in [-0.39, 0.29) is 5.82 Å². The molecule has 2 aliphatic rings. The van der Waals surface area contributed by atoms with Crippen LogP contribution in [0.5, 0.6) is 5.75 Å². The van der Waals surface area contributed by atoms with Gasteiger partial charge in [0, 0.05) is 32.1 Å². The van der Waals surface area contributed by atoms with Gasteiger partial charge in [0.15, 0.2) is 0 Å². The molecule has 0 radical (unpaired) electrons. The predicted molar refractivity (Wildman–Crippen MR) is 96.1 cm³/mol. The van der Waals surface area contributed by atoms with Crippen LogP contribution < -0.4 is 4.74 Å². The number of benzene rings is 1. The van der Waals surface area contributed by atoms with Gasteiger partial charge in [-0.25, -0.2) is 4.39 Å². The van der Waals surface area contributed by atoms with Gasteiger partial charge < -0.3 is 14.5 Å². The summed E-state index contributed by atoms with van der Waals surface area (Å²) in [5, 5.41) is 0. The molecule has 0 bridgehead atoms. The molecule has 2 fully saturated rings. The lowest BCUT2D eigenvalue weighted by Crippen LogP contribution is -2.35. The van der Waals surface area contributed by atoms with Crippen molar-refractivity contribution in [3.63, 3.8) is 0 Å². The van der Waals surface area contributed by atoms with Gasteiger partial charge in [-0.1, -0.05) is 12.8 Å². The molecule has 1 atom stereocenters. The maximum absolute atomic E-state index is 12.8. The number of carbonyl (C=O) groups excluding carboxylic acids is 1. The zero-order valence-corrected chi connectivity index (χ0v) is 15.1. The van der Waals surface area contributed by atoms with Crippen LogP contribution in [0, 0.1) is 11.7 Å². The molecule has 4 nitrogen and oxygen atoms in total. The molecular formula is C20H29FN2O2. The first-order valence-electron chi connectivity index (χ1n) is 9.48. The number of likely N-dealkylation sites (tertiary alicyclic amines) is 1. The van der Waals surface area contributed by atoms with Crippen molar-refractivity contribution in [3.8, 4) is 5.75 Å². The van der Waals surface area contributed by atoms with Crippen LogP contribution in [0.2, 0.25) is 0 Å². The highest BCUT2D eigenvalue weighted by molar-refractivity contribution is 5.79. The number of hydrogen-bond donors (Lipinski definition) is 0. The SMILES string of the molecule is CN(CCCOc1ccc(F)cc1)CC1CC(=O)N(C2CCCC2)C1. The van der Waals surface area contributed by atoms with Crippen LogP contribution >= 0.6 is 0 Å². The van der Waals surface area contributed by atoms with Gasteiger partial charge in [0.2, 0.25) is 5.91 Å². The fraction of sp³-hybridized carbons (Fsp3) is 0.650. The minimum Gasteiger partial charge on any atom is -0.494 e. The topological polar surface area (TPSA) is 32.8 Å². The van der Waals surface area contributed by atoms with E-state index in [1.165, 1.54) is 37.8 Å². The molecule has 0 spiro atoms. The molecule has 1 saturated carbocycles. The van der Waals surface area contributed by atoms with E-state index in [0.29, 0.717) is 36.6 Å². The predicted octanol–water partition coefficient (Wildman–Crippen LogP) is 3.32. The Morgan fingerprint density at radius 1 is 1.24 bits per heavy atom. The third-order valence-electron chi connectivity index (χ3n) is 5.34. The Morgan fingerprint density at radius 2 is 1.96 bits per heavy atom. The summed E-state index contributed by atoms with van der Waals surface area (Å²) in [5.41, 5.74) is 0. The molecule has 0 N–H and O–H groups in total. The van der Waals surface area contributed by atoms with Gasteiger partial charge in [0.1, 0.15) is 11.6 Å². The number of nitrogens with zero attached hydrogens (tertiary/aromatic N) is 2. The summed E-state index contributed by atoms with van der Waals surface area (Å²) >= 11 is 0. The standard InChI is InChI=1S/C20H29FN2O2/c1-22(11-4-12-25-19-9-7-17(21)8-10-19)14-16-13-20(24)23(15-16)18-5-2-3-6-18/h7-10,16,18H,2-6,11-15H2,1H3. The number of amides is 1. The summed E-state index contributed by atoms with van der Waals surface area (Å²) in [6.07, 6.45) is 6.54. The molecule has 1 aromatic carbocycles. The van der Waals surface area contributed by atoms with Crippen molar-refractivity contribution in [1.29, 1.82) is 0 Å². The molecule has 1 aromatic rings. The average Bonchev–Trinajstić information content (AvgIpc) is 3.23. The first-order chi connectivity index (χ1) is 12.1. The van der Waals surface area contributed by atoms with Crippen LogP contribution in [0.1, 0.15) is 38.5 Å². The van der Waals surface area contributed by atoms with E-state index in [1.807, 2.05) is 0 Å². The van der Waals surface area contributed by atoms with E-state index in [4.69, 9.17) is 4.74 Å². The minimum absolute atomic E-state index is 0.246. The molecule has 138 valence electrons. The van der Waals surface area contributed by atoms with Gasteiger partial charge in [-0.05, 0) is 56.5 Å². The summed E-state index contributed by atoms with van der Waals surface area (Å²) in [6.45, 7) is 3.45. The van der Waals surface area contributed by atoms with Gasteiger partial charge in [0.25, 0.3) is 0 Å². The van der Waals surface area contributed by atoms with Gasteiger partial charge in [-0.3, -0.25) is 4.79 Å². The zero-order valence-electron chi connectivity index (χ0n) is 15.1. The van der Waals surface area contributed by atoms with Crippen LogP contribution in [0.15, 0.2) is 24.3 Å². The Bertz CT molecular complexity index is 557. The Kier molecular flexibility index (Phi) is 6.29. The van der Waals surface area contributed by atoms with Crippen molar-refractivity contribution in [2.75, 3.05) is 33.3 Å². The lowest BCUT2D eigenvalue weighted by molar-refractivity contribution is -0.129. The maximum Gasteiger partial charge on any atom is 0.223 e. The number of rotatable bonds is 8. The van der Waals surface area contributed by atoms with Crippen molar-refractivity contribution >= 4 is 5.91 Å². The normalized spacial score (nSPS) is 21.5. The van der Waals surface area contributed by atoms with E-state index < -0.39 is 0 Å². The molecule has 5 heteroatoms. The summed E-state index contributed by atoms with van der Waals surface area (Å²) in [5.74, 6) is 1.27. The van der Waals surface area contributed by atoms with Gasteiger partial charge in [0.05, 0.1) is 6.61 Å². The number of carbonyl (C=O) groups is 1. The fourth-order valence-corrected chi connectivity index (χ4v) is 4.09. The van der Waals surface area contributed by atoms with Gasteiger partial charge >= 0.3 is 0 Å². The molecular weight excluding hydrogens is 319 g/mol. The largest absolute Gasteiger partial charge is 0.494 e. The lowest BCUT2D eigenvalue weighted by Gasteiger charge is -2.25. The second-order valence-corrected chi connectivity index (χ2v) is 7.47. The Morgan fingerprint density at radius 3 is 2.68 bits per heavy atom. The number of ether oxygens (including phenoxy) is 1. The molecule has 1 aliphatic carbocycles. The highest BCUT2D eigenvalue weighted by atomic mass is 19.1. The highest BCUT2D eigenvalue weighted by Gasteiger charge is 2.35. The molecule has 3 rings (SSSR count). The monoisotopic (exact) mass is 348 g/mol. The Balaban J connectivity index is 1.33. The fourth-order valence-electron chi connectivity index (χ4n) is 4.09. The molecule has 0 aromatic heterocycles. The molecule has 1 unspecified atom stereocenters. The second kappa shape index (κ2) is 8.65. The molecule has 1 aliphatic heterocycles. The van der Waals surface area contributed by atoms with Crippen molar-refractivity contribution in [1.82, 2.24) is 9.80 Å². The second-order valence-electron chi connectivity index (χ2n) is 7.47. The van der Waals surface area contributed by atoms with Crippen LogP contribution in [0.25, 0.3) is 0 Å². The molecule has 1 saturated heterocycles. The van der Waals surface area contributed by atoms with Crippen LogP contribution in [-0.4, -0.2) is 55.0 Å². The minimum atomic E-state index is -0.246. The lowest BCUT2D eigenvalue weighted by atomic mass is 10.1. The van der Waals surface area contributed by atoms with E-state index in [2.05, 4.69) is 16.8 Å². The van der Waals surface area contributed by atoms with Crippen LogP contribution in [0.3, 0.4) is 0 Å². The average molecular weight is 348 g/mol. The summed E-state index contributed by atoms with van der Waals surface area (Å²) in [6, 6.07) is 6.64. The molecule has 1 amide bonds. The van der Waals surface area contributed by atoms with Crippen molar-refractivity contribution in [2.24, 2.45) is 5.92 Å². The summed E-state index contributed by atoms with van der Waals surface area (Å²) in [4.78, 5) is 16.7. The first-order valence-corrected chi connectivity index (χ1v) is 9.48. The highest BCUT2D eigenvalue weighted by Crippen LogP contribution is 2.29. The Hall–Kier alpha value is -1.62. The van der Waals surface area contributed by atoms with E-state index in [1.54, 1.807) is 12.1 Å². The van der Waals surface area contributed by atoms with Gasteiger partial charge in [-0.2, -0.15) is 0 Å². The van der Waals surface area contributed by atoms with Crippen LogP contribution in [-0.2, 0) is 4.79 Å². The quantitative estimate of drug-likeness (QED) is 0.676. The van der Waals surface area contributed by atoms with Crippen molar-refractivity contribution in [2.45, 2.75) is 44.6 Å². The third-order valence-corrected chi connectivity index (χ3v) is 5.34. The van der Waals surface area contributed by atoms with Crippen molar-refractivity contribution in [3.05, 3.63) is 30.1 Å². The van der Waals surface area contributed by atoms with E-state index >= 15 is 0 Å². The Labute approximate surface area is 149 Å². The van der Waals surface area contributed by atoms with Crippen LogP contribution in [0.4, 0.5) is 4.39 Å². The maximum atomic E-state index is 12.8. The first kappa shape index (κ1) is 18.2. The zero-order chi connectivity index (χ0) is 17.6.